The van der Waals surface area contributed by atoms with Crippen molar-refractivity contribution in [1.82, 2.24) is 9.55 Å². The van der Waals surface area contributed by atoms with Crippen LogP contribution in [0.2, 0.25) is 0 Å². The van der Waals surface area contributed by atoms with Crippen molar-refractivity contribution in [2.45, 2.75) is 12.8 Å². The van der Waals surface area contributed by atoms with E-state index in [9.17, 15) is 14.4 Å². The third-order valence-corrected chi connectivity index (χ3v) is 5.16. The first kappa shape index (κ1) is 15.7. The topological polar surface area (TPSA) is 78.4 Å². The van der Waals surface area contributed by atoms with Gasteiger partial charge in [0.15, 0.2) is 0 Å². The Balaban J connectivity index is 1.52. The molecule has 1 aromatic heterocycles. The van der Waals surface area contributed by atoms with E-state index in [-0.39, 0.29) is 17.4 Å². The molecule has 7 nitrogen and oxygen atoms in total. The Bertz CT molecular complexity index is 915. The number of H-pyrrole nitrogens is 1. The van der Waals surface area contributed by atoms with Gasteiger partial charge in [-0.15, -0.1) is 0 Å². The van der Waals surface area contributed by atoms with Gasteiger partial charge in [0.05, 0.1) is 5.92 Å². The highest BCUT2D eigenvalue weighted by atomic mass is 16.2. The van der Waals surface area contributed by atoms with Gasteiger partial charge in [-0.25, -0.2) is 4.79 Å². The average Bonchev–Trinajstić information content (AvgIpc) is 3.26. The van der Waals surface area contributed by atoms with Crippen LogP contribution in [0.5, 0.6) is 0 Å². The molecule has 1 N–H and O–H groups in total. The molecule has 1 atom stereocenters. The number of aromatic amines is 1. The first-order valence-corrected chi connectivity index (χ1v) is 8.49. The molecule has 1 saturated heterocycles. The van der Waals surface area contributed by atoms with Gasteiger partial charge in [-0.2, -0.15) is 0 Å². The Morgan fingerprint density at radius 3 is 2.80 bits per heavy atom. The Hall–Kier alpha value is -2.83. The fraction of sp³-hybridized carbons (Fsp3) is 0.389. The van der Waals surface area contributed by atoms with E-state index >= 15 is 0 Å². The monoisotopic (exact) mass is 340 g/mol. The van der Waals surface area contributed by atoms with Gasteiger partial charge < -0.3 is 9.80 Å². The van der Waals surface area contributed by atoms with E-state index < -0.39 is 5.69 Å². The van der Waals surface area contributed by atoms with Gasteiger partial charge in [-0.05, 0) is 24.5 Å². The number of aromatic nitrogens is 2. The lowest BCUT2D eigenvalue weighted by molar-refractivity contribution is -0.121. The second-order valence-corrected chi connectivity index (χ2v) is 6.66. The minimum absolute atomic E-state index is 0.124. The number of amides is 1. The largest absolute Gasteiger partial charge is 0.357 e. The molecule has 1 unspecified atom stereocenters. The Kier molecular flexibility index (Phi) is 3.71. The molecule has 0 saturated carbocycles. The fourth-order valence-corrected chi connectivity index (χ4v) is 3.68. The summed E-state index contributed by atoms with van der Waals surface area (Å²) in [5, 5.41) is 0. The minimum atomic E-state index is -0.439. The van der Waals surface area contributed by atoms with Crippen LogP contribution in [0.15, 0.2) is 39.9 Å². The average molecular weight is 340 g/mol. The number of para-hydroxylation sites is 1. The van der Waals surface area contributed by atoms with Gasteiger partial charge in [0.1, 0.15) is 5.82 Å². The summed E-state index contributed by atoms with van der Waals surface area (Å²) in [6, 6.07) is 9.42. The molecule has 7 heteroatoms. The van der Waals surface area contributed by atoms with Crippen LogP contribution in [0.25, 0.3) is 0 Å². The number of rotatable bonds is 2. The Morgan fingerprint density at radius 2 is 2.00 bits per heavy atom. The highest BCUT2D eigenvalue weighted by Crippen LogP contribution is 2.31. The molecule has 3 heterocycles. The smallest absolute Gasteiger partial charge is 0.329 e. The van der Waals surface area contributed by atoms with Gasteiger partial charge in [0, 0.05) is 38.4 Å². The lowest BCUT2D eigenvalue weighted by Crippen LogP contribution is -2.38. The molecule has 1 amide bonds. The SMILES string of the molecule is Cn1c(=O)cc(N2CCC(C(=O)N3CCc4ccccc43)C2)[nH]c1=O. The van der Waals surface area contributed by atoms with Gasteiger partial charge in [-0.3, -0.25) is 19.1 Å². The summed E-state index contributed by atoms with van der Waals surface area (Å²) < 4.78 is 1.03. The quantitative estimate of drug-likeness (QED) is 0.863. The fourth-order valence-electron chi connectivity index (χ4n) is 3.68. The molecule has 1 fully saturated rings. The summed E-state index contributed by atoms with van der Waals surface area (Å²) in [5.41, 5.74) is 1.43. The zero-order chi connectivity index (χ0) is 17.6. The van der Waals surface area contributed by atoms with Gasteiger partial charge >= 0.3 is 5.69 Å². The van der Waals surface area contributed by atoms with Gasteiger partial charge in [0.25, 0.3) is 5.56 Å². The van der Waals surface area contributed by atoms with E-state index in [1.165, 1.54) is 18.7 Å². The molecular weight excluding hydrogens is 320 g/mol. The van der Waals surface area contributed by atoms with Crippen molar-refractivity contribution in [3.05, 3.63) is 56.7 Å². The van der Waals surface area contributed by atoms with Crippen LogP contribution >= 0.6 is 0 Å². The minimum Gasteiger partial charge on any atom is -0.357 e. The number of hydrogen-bond donors (Lipinski definition) is 1. The normalized spacial score (nSPS) is 19.3. The molecule has 0 aliphatic carbocycles. The number of anilines is 2. The highest BCUT2D eigenvalue weighted by molar-refractivity contribution is 5.97. The van der Waals surface area contributed by atoms with Crippen molar-refractivity contribution in [2.24, 2.45) is 13.0 Å². The number of benzene rings is 1. The molecule has 25 heavy (non-hydrogen) atoms. The summed E-state index contributed by atoms with van der Waals surface area (Å²) in [6.07, 6.45) is 1.61. The molecule has 2 aliphatic rings. The predicted octanol–water partition coefficient (Wildman–Crippen LogP) is 0.489. The predicted molar refractivity (Wildman–Crippen MR) is 95.1 cm³/mol. The molecule has 2 aliphatic heterocycles. The van der Waals surface area contributed by atoms with Crippen LogP contribution in [0.3, 0.4) is 0 Å². The first-order chi connectivity index (χ1) is 12.0. The van der Waals surface area contributed by atoms with E-state index in [0.717, 1.165) is 29.6 Å². The van der Waals surface area contributed by atoms with Crippen molar-refractivity contribution in [2.75, 3.05) is 29.4 Å². The zero-order valence-electron chi connectivity index (χ0n) is 14.1. The lowest BCUT2D eigenvalue weighted by atomic mass is 10.1. The summed E-state index contributed by atoms with van der Waals surface area (Å²) in [4.78, 5) is 43.0. The summed E-state index contributed by atoms with van der Waals surface area (Å²) in [6.45, 7) is 1.88. The maximum Gasteiger partial charge on any atom is 0.329 e. The molecular formula is C18H20N4O3. The third-order valence-electron chi connectivity index (χ3n) is 5.16. The molecule has 2 aromatic rings. The van der Waals surface area contributed by atoms with Crippen LogP contribution in [0.4, 0.5) is 11.5 Å². The van der Waals surface area contributed by atoms with E-state index in [2.05, 4.69) is 11.1 Å². The number of nitrogens with zero attached hydrogens (tertiary/aromatic N) is 3. The number of carbonyl (C=O) groups excluding carboxylic acids is 1. The summed E-state index contributed by atoms with van der Waals surface area (Å²) in [7, 11) is 1.44. The van der Waals surface area contributed by atoms with E-state index in [1.54, 1.807) is 0 Å². The second-order valence-electron chi connectivity index (χ2n) is 6.66. The summed E-state index contributed by atoms with van der Waals surface area (Å²) in [5.74, 6) is 0.488. The van der Waals surface area contributed by atoms with Crippen LogP contribution in [-0.2, 0) is 18.3 Å². The molecule has 1 aromatic carbocycles. The molecule has 0 bridgehead atoms. The maximum atomic E-state index is 12.9. The Labute approximate surface area is 144 Å². The van der Waals surface area contributed by atoms with E-state index in [0.29, 0.717) is 18.9 Å². The molecule has 0 spiro atoms. The van der Waals surface area contributed by atoms with Crippen LogP contribution in [-0.4, -0.2) is 35.1 Å². The first-order valence-electron chi connectivity index (χ1n) is 8.49. The number of nitrogens with one attached hydrogen (secondary N) is 1. The number of carbonyl (C=O) groups is 1. The van der Waals surface area contributed by atoms with Crippen LogP contribution in [0, 0.1) is 5.92 Å². The molecule has 130 valence electrons. The number of hydrogen-bond acceptors (Lipinski definition) is 4. The molecule has 4 rings (SSSR count). The van der Waals surface area contributed by atoms with E-state index in [1.807, 2.05) is 28.0 Å². The summed E-state index contributed by atoms with van der Waals surface area (Å²) >= 11 is 0. The second kappa shape index (κ2) is 5.91. The third kappa shape index (κ3) is 2.65. The van der Waals surface area contributed by atoms with Gasteiger partial charge in [0.2, 0.25) is 5.91 Å². The van der Waals surface area contributed by atoms with Crippen molar-refractivity contribution >= 4 is 17.4 Å². The van der Waals surface area contributed by atoms with Crippen LogP contribution < -0.4 is 21.0 Å². The van der Waals surface area contributed by atoms with Crippen molar-refractivity contribution in [3.63, 3.8) is 0 Å². The van der Waals surface area contributed by atoms with Crippen molar-refractivity contribution < 1.29 is 4.79 Å². The van der Waals surface area contributed by atoms with Crippen molar-refractivity contribution in [3.8, 4) is 0 Å². The van der Waals surface area contributed by atoms with E-state index in [4.69, 9.17) is 0 Å². The zero-order valence-corrected chi connectivity index (χ0v) is 14.1. The van der Waals surface area contributed by atoms with Gasteiger partial charge in [-0.1, -0.05) is 18.2 Å². The maximum absolute atomic E-state index is 12.9. The Morgan fingerprint density at radius 1 is 1.20 bits per heavy atom. The molecule has 0 radical (unpaired) electrons. The number of fused-ring (bicyclic) bond motifs is 1. The highest BCUT2D eigenvalue weighted by Gasteiger charge is 2.34. The standard InChI is InChI=1S/C18H20N4O3/c1-20-16(23)10-15(19-18(20)25)21-8-6-13(11-21)17(24)22-9-7-12-4-2-3-5-14(12)22/h2-5,10,13H,6-9,11H2,1H3,(H,19,25). The lowest BCUT2D eigenvalue weighted by Gasteiger charge is -2.22. The van der Waals surface area contributed by atoms with Crippen molar-refractivity contribution in [1.29, 1.82) is 0 Å². The van der Waals surface area contributed by atoms with Crippen LogP contribution in [0.1, 0.15) is 12.0 Å².